The molecule has 0 saturated carbocycles. The molecule has 1 saturated heterocycles. The zero-order valence-electron chi connectivity index (χ0n) is 15.3. The van der Waals surface area contributed by atoms with Crippen LogP contribution in [0.1, 0.15) is 26.2 Å². The molecule has 1 aromatic carbocycles. The number of guanidine groups is 1. The number of hydrogen-bond acceptors (Lipinski definition) is 4. The molecule has 1 fully saturated rings. The van der Waals surface area contributed by atoms with E-state index in [4.69, 9.17) is 9.47 Å². The summed E-state index contributed by atoms with van der Waals surface area (Å²) in [5.74, 6) is 2.48. The number of ether oxygens (including phenoxy) is 2. The molecule has 25 heavy (non-hydrogen) atoms. The van der Waals surface area contributed by atoms with Gasteiger partial charge in [-0.25, -0.2) is 0 Å². The number of aliphatic imine (C=N–C) groups is 1. The maximum absolute atomic E-state index is 5.98. The highest BCUT2D eigenvalue weighted by atomic mass is 16.6. The number of likely N-dealkylation sites (tertiary alicyclic amines) is 1. The molecule has 1 aromatic rings. The third-order valence-electron chi connectivity index (χ3n) is 4.76. The molecule has 0 aliphatic carbocycles. The van der Waals surface area contributed by atoms with Gasteiger partial charge in [0.15, 0.2) is 17.5 Å². The molecule has 138 valence electrons. The van der Waals surface area contributed by atoms with E-state index in [0.717, 1.165) is 30.3 Å². The molecule has 3 rings (SSSR count). The van der Waals surface area contributed by atoms with Crippen LogP contribution in [0.25, 0.3) is 0 Å². The van der Waals surface area contributed by atoms with E-state index in [-0.39, 0.29) is 6.10 Å². The van der Waals surface area contributed by atoms with Gasteiger partial charge >= 0.3 is 0 Å². The summed E-state index contributed by atoms with van der Waals surface area (Å²) < 4.78 is 11.7. The van der Waals surface area contributed by atoms with E-state index in [9.17, 15) is 0 Å². The molecule has 2 N–H and O–H groups in total. The van der Waals surface area contributed by atoms with Gasteiger partial charge in [0.2, 0.25) is 0 Å². The Bertz CT molecular complexity index is 570. The summed E-state index contributed by atoms with van der Waals surface area (Å²) >= 11 is 0. The summed E-state index contributed by atoms with van der Waals surface area (Å²) in [6.07, 6.45) is 3.54. The first kappa shape index (κ1) is 17.9. The highest BCUT2D eigenvalue weighted by Gasteiger charge is 2.22. The Labute approximate surface area is 150 Å². The van der Waals surface area contributed by atoms with Gasteiger partial charge in [-0.15, -0.1) is 0 Å². The Morgan fingerprint density at radius 3 is 2.72 bits per heavy atom. The molecule has 2 aliphatic heterocycles. The summed E-state index contributed by atoms with van der Waals surface area (Å²) in [5, 5.41) is 6.92. The molecule has 1 atom stereocenters. The Morgan fingerprint density at radius 1 is 1.24 bits per heavy atom. The average molecular weight is 346 g/mol. The number of nitrogens with one attached hydrogen (secondary N) is 2. The number of hydrogen-bond donors (Lipinski definition) is 2. The largest absolute Gasteiger partial charge is 0.486 e. The molecule has 0 amide bonds. The van der Waals surface area contributed by atoms with Crippen molar-refractivity contribution >= 4 is 5.96 Å². The van der Waals surface area contributed by atoms with Gasteiger partial charge in [-0.1, -0.05) is 19.1 Å². The van der Waals surface area contributed by atoms with Crippen LogP contribution in [0.15, 0.2) is 29.3 Å². The second-order valence-electron chi connectivity index (χ2n) is 6.71. The summed E-state index contributed by atoms with van der Waals surface area (Å²) in [4.78, 5) is 6.89. The van der Waals surface area contributed by atoms with E-state index >= 15 is 0 Å². The van der Waals surface area contributed by atoms with Gasteiger partial charge in [-0.2, -0.15) is 0 Å². The first-order chi connectivity index (χ1) is 12.3. The van der Waals surface area contributed by atoms with E-state index in [1.54, 1.807) is 0 Å². The van der Waals surface area contributed by atoms with Gasteiger partial charge in [0, 0.05) is 26.2 Å². The highest BCUT2D eigenvalue weighted by molar-refractivity contribution is 5.80. The van der Waals surface area contributed by atoms with Crippen LogP contribution in [0.3, 0.4) is 0 Å². The van der Waals surface area contributed by atoms with Crippen molar-refractivity contribution in [2.24, 2.45) is 4.99 Å². The van der Waals surface area contributed by atoms with Crippen LogP contribution in [0.4, 0.5) is 0 Å². The molecule has 2 aliphatic rings. The fourth-order valence-corrected chi connectivity index (χ4v) is 3.38. The van der Waals surface area contributed by atoms with E-state index in [2.05, 4.69) is 27.4 Å². The molecule has 0 spiro atoms. The van der Waals surface area contributed by atoms with Crippen LogP contribution in [-0.2, 0) is 0 Å². The molecular weight excluding hydrogens is 316 g/mol. The van der Waals surface area contributed by atoms with Crippen molar-refractivity contribution in [2.45, 2.75) is 38.3 Å². The number of nitrogens with zero attached hydrogens (tertiary/aromatic N) is 2. The lowest BCUT2D eigenvalue weighted by Gasteiger charge is -2.33. The molecule has 0 bridgehead atoms. The van der Waals surface area contributed by atoms with E-state index in [0.29, 0.717) is 19.2 Å². The van der Waals surface area contributed by atoms with Crippen molar-refractivity contribution in [3.8, 4) is 11.5 Å². The number of fused-ring (bicyclic) bond motifs is 1. The standard InChI is InChI=1S/C19H30N4O2/c1-3-10-23-11-8-15(9-12-23)22-19(20-2)21-13-16-14-24-17-6-4-5-7-18(17)25-16/h4-7,15-16H,3,8-14H2,1-2H3,(H2,20,21,22). The Hall–Kier alpha value is -1.95. The summed E-state index contributed by atoms with van der Waals surface area (Å²) in [6, 6.07) is 8.29. The van der Waals surface area contributed by atoms with Crippen molar-refractivity contribution in [3.63, 3.8) is 0 Å². The van der Waals surface area contributed by atoms with Crippen LogP contribution in [-0.4, -0.2) is 62.8 Å². The lowest BCUT2D eigenvalue weighted by atomic mass is 10.1. The topological polar surface area (TPSA) is 58.1 Å². The summed E-state index contributed by atoms with van der Waals surface area (Å²) in [7, 11) is 1.81. The monoisotopic (exact) mass is 346 g/mol. The van der Waals surface area contributed by atoms with Gasteiger partial charge in [0.1, 0.15) is 12.7 Å². The van der Waals surface area contributed by atoms with E-state index in [1.165, 1.54) is 26.1 Å². The number of para-hydroxylation sites is 2. The quantitative estimate of drug-likeness (QED) is 0.630. The third-order valence-corrected chi connectivity index (χ3v) is 4.76. The second-order valence-corrected chi connectivity index (χ2v) is 6.71. The summed E-state index contributed by atoms with van der Waals surface area (Å²) in [6.45, 7) is 7.00. The first-order valence-electron chi connectivity index (χ1n) is 9.36. The number of rotatable bonds is 5. The third kappa shape index (κ3) is 5.01. The molecule has 1 unspecified atom stereocenters. The van der Waals surface area contributed by atoms with Crippen molar-refractivity contribution in [1.82, 2.24) is 15.5 Å². The fraction of sp³-hybridized carbons (Fsp3) is 0.632. The van der Waals surface area contributed by atoms with Crippen LogP contribution in [0.5, 0.6) is 11.5 Å². The van der Waals surface area contributed by atoms with Crippen LogP contribution in [0.2, 0.25) is 0 Å². The summed E-state index contributed by atoms with van der Waals surface area (Å²) in [5.41, 5.74) is 0. The van der Waals surface area contributed by atoms with Crippen LogP contribution >= 0.6 is 0 Å². The van der Waals surface area contributed by atoms with Gasteiger partial charge < -0.3 is 25.0 Å². The smallest absolute Gasteiger partial charge is 0.191 e. The van der Waals surface area contributed by atoms with Crippen LogP contribution in [0, 0.1) is 0 Å². The maximum Gasteiger partial charge on any atom is 0.191 e. The molecule has 0 aromatic heterocycles. The van der Waals surface area contributed by atoms with Gasteiger partial charge in [0.25, 0.3) is 0 Å². The Balaban J connectivity index is 1.42. The predicted octanol–water partition coefficient (Wildman–Crippen LogP) is 1.87. The minimum atomic E-state index is -0.0140. The molecule has 6 nitrogen and oxygen atoms in total. The van der Waals surface area contributed by atoms with E-state index in [1.807, 2.05) is 31.3 Å². The first-order valence-corrected chi connectivity index (χ1v) is 9.36. The Kier molecular flexibility index (Phi) is 6.39. The fourth-order valence-electron chi connectivity index (χ4n) is 3.38. The SMILES string of the molecule is CCCN1CCC(NC(=NC)NCC2COc3ccccc3O2)CC1. The minimum Gasteiger partial charge on any atom is -0.486 e. The average Bonchev–Trinajstić information content (AvgIpc) is 2.66. The maximum atomic E-state index is 5.98. The van der Waals surface area contributed by atoms with Crippen molar-refractivity contribution < 1.29 is 9.47 Å². The Morgan fingerprint density at radius 2 is 2.00 bits per heavy atom. The molecule has 0 radical (unpaired) electrons. The van der Waals surface area contributed by atoms with Crippen molar-refractivity contribution in [1.29, 1.82) is 0 Å². The molecular formula is C19H30N4O2. The number of piperidine rings is 1. The van der Waals surface area contributed by atoms with Gasteiger partial charge in [-0.3, -0.25) is 4.99 Å². The van der Waals surface area contributed by atoms with E-state index < -0.39 is 0 Å². The predicted molar refractivity (Wildman–Crippen MR) is 101 cm³/mol. The zero-order chi connectivity index (χ0) is 17.5. The second kappa shape index (κ2) is 8.94. The van der Waals surface area contributed by atoms with Crippen LogP contribution < -0.4 is 20.1 Å². The van der Waals surface area contributed by atoms with Gasteiger partial charge in [-0.05, 0) is 37.9 Å². The molecule has 2 heterocycles. The van der Waals surface area contributed by atoms with Crippen molar-refractivity contribution in [2.75, 3.05) is 39.8 Å². The lowest BCUT2D eigenvalue weighted by molar-refractivity contribution is 0.0935. The normalized spacial score (nSPS) is 21.8. The minimum absolute atomic E-state index is 0.0140. The van der Waals surface area contributed by atoms with Crippen molar-refractivity contribution in [3.05, 3.63) is 24.3 Å². The highest BCUT2D eigenvalue weighted by Crippen LogP contribution is 2.30. The molecule has 6 heteroatoms. The number of benzene rings is 1. The zero-order valence-corrected chi connectivity index (χ0v) is 15.3. The van der Waals surface area contributed by atoms with Gasteiger partial charge in [0.05, 0.1) is 6.54 Å². The lowest BCUT2D eigenvalue weighted by Crippen LogP contribution is -2.51.